The largest absolute Gasteiger partial charge is 0.300 e. The van der Waals surface area contributed by atoms with Crippen LogP contribution in [-0.2, 0) is 24.4 Å². The third kappa shape index (κ3) is 2.49. The molecule has 7 heteroatoms. The van der Waals surface area contributed by atoms with Crippen molar-refractivity contribution in [2.75, 3.05) is 5.75 Å². The van der Waals surface area contributed by atoms with Crippen molar-refractivity contribution < 1.29 is 22.8 Å². The van der Waals surface area contributed by atoms with Crippen molar-refractivity contribution in [3.63, 3.8) is 0 Å². The van der Waals surface area contributed by atoms with Crippen LogP contribution in [0.1, 0.15) is 59.8 Å². The van der Waals surface area contributed by atoms with Gasteiger partial charge in [0, 0.05) is 11.8 Å². The summed E-state index contributed by atoms with van der Waals surface area (Å²) in [5.41, 5.74) is -0.515. The molecule has 0 N–H and O–H groups in total. The minimum Gasteiger partial charge on any atom is -0.300 e. The van der Waals surface area contributed by atoms with Gasteiger partial charge in [0.1, 0.15) is 11.6 Å². The molecule has 3 aliphatic rings. The van der Waals surface area contributed by atoms with E-state index in [1.54, 1.807) is 0 Å². The zero-order valence-corrected chi connectivity index (χ0v) is 16.2. The maximum Gasteiger partial charge on any atom is 0.246 e. The van der Waals surface area contributed by atoms with Gasteiger partial charge in [-0.1, -0.05) is 13.8 Å². The van der Waals surface area contributed by atoms with Gasteiger partial charge in [0.25, 0.3) is 0 Å². The number of hydrogen-bond donors (Lipinski definition) is 0. The quantitative estimate of drug-likeness (QED) is 0.691. The first-order valence-electron chi connectivity index (χ1n) is 9.00. The Morgan fingerprint density at radius 3 is 2.36 bits per heavy atom. The van der Waals surface area contributed by atoms with Gasteiger partial charge in [0.15, 0.2) is 0 Å². The van der Waals surface area contributed by atoms with E-state index >= 15 is 0 Å². The number of fused-ring (bicyclic) bond motifs is 1. The molecule has 0 aromatic carbocycles. The van der Waals surface area contributed by atoms with Crippen molar-refractivity contribution in [1.29, 1.82) is 0 Å². The van der Waals surface area contributed by atoms with Gasteiger partial charge in [-0.3, -0.25) is 9.59 Å². The van der Waals surface area contributed by atoms with Crippen molar-refractivity contribution in [2.24, 2.45) is 22.7 Å². The molecule has 2 aliphatic carbocycles. The Balaban J connectivity index is 1.95. The molecule has 1 saturated heterocycles. The summed E-state index contributed by atoms with van der Waals surface area (Å²) in [7, 11) is -3.73. The van der Waals surface area contributed by atoms with Crippen LogP contribution in [0, 0.1) is 22.7 Å². The lowest BCUT2D eigenvalue weighted by molar-refractivity contribution is -0.139. The number of amides is 1. The fourth-order valence-corrected chi connectivity index (χ4v) is 8.16. The van der Waals surface area contributed by atoms with Gasteiger partial charge >= 0.3 is 0 Å². The Morgan fingerprint density at radius 2 is 1.84 bits per heavy atom. The van der Waals surface area contributed by atoms with E-state index in [1.807, 2.05) is 0 Å². The van der Waals surface area contributed by atoms with E-state index in [-0.39, 0.29) is 41.6 Å². The van der Waals surface area contributed by atoms with Crippen LogP contribution in [0.15, 0.2) is 0 Å². The number of nitrogens with zero attached hydrogens (tertiary/aromatic N) is 1. The molecule has 25 heavy (non-hydrogen) atoms. The third-order valence-corrected chi connectivity index (χ3v) is 9.12. The molecule has 140 valence electrons. The van der Waals surface area contributed by atoms with Crippen molar-refractivity contribution in [3.8, 4) is 0 Å². The van der Waals surface area contributed by atoms with Gasteiger partial charge in [-0.25, -0.2) is 12.7 Å². The van der Waals surface area contributed by atoms with E-state index < -0.39 is 27.3 Å². The number of hydrogen-bond acceptors (Lipinski definition) is 5. The second-order valence-electron chi connectivity index (χ2n) is 8.66. The van der Waals surface area contributed by atoms with Crippen LogP contribution in [0.2, 0.25) is 0 Å². The molecule has 3 fully saturated rings. The number of ketones is 2. The number of Topliss-reactive ketones (excluding diaryl/α,β-unsaturated/α-hetero) is 2. The lowest BCUT2D eigenvalue weighted by Gasteiger charge is -2.37. The standard InChI is InChI=1S/C18H27NO5S/c1-11(20)5-6-14(12(2)21)16(22)19-15-9-13-7-8-18(15,17(13,3)4)10-25(19,23)24/h13-15H,5-10H2,1-4H3/t13-,14-,15-,18-/m1/s1. The Hall–Kier alpha value is -1.24. The highest BCUT2D eigenvalue weighted by Gasteiger charge is 2.72. The molecule has 2 saturated carbocycles. The van der Waals surface area contributed by atoms with Crippen LogP contribution in [-0.4, -0.2) is 42.0 Å². The van der Waals surface area contributed by atoms with Gasteiger partial charge in [0.2, 0.25) is 15.9 Å². The summed E-state index contributed by atoms with van der Waals surface area (Å²) in [4.78, 5) is 36.3. The number of carbonyl (C=O) groups is 3. The number of sulfonamides is 1. The van der Waals surface area contributed by atoms with Gasteiger partial charge in [-0.15, -0.1) is 0 Å². The topological polar surface area (TPSA) is 88.6 Å². The van der Waals surface area contributed by atoms with E-state index in [0.29, 0.717) is 12.3 Å². The van der Waals surface area contributed by atoms with Crippen molar-refractivity contribution in [1.82, 2.24) is 4.31 Å². The van der Waals surface area contributed by atoms with Gasteiger partial charge in [-0.2, -0.15) is 0 Å². The van der Waals surface area contributed by atoms with Crippen LogP contribution in [0.5, 0.6) is 0 Å². The Morgan fingerprint density at radius 1 is 1.20 bits per heavy atom. The SMILES string of the molecule is CC(=O)CC[C@H](C(C)=O)C(=O)N1[C@@H]2C[C@H]3CC[C@]2(CS1(=O)=O)C3(C)C. The van der Waals surface area contributed by atoms with Crippen LogP contribution in [0.4, 0.5) is 0 Å². The van der Waals surface area contributed by atoms with Gasteiger partial charge in [-0.05, 0) is 50.9 Å². The molecule has 2 bridgehead atoms. The maximum absolute atomic E-state index is 13.1. The van der Waals surface area contributed by atoms with E-state index in [1.165, 1.54) is 13.8 Å². The Bertz CT molecular complexity index is 741. The summed E-state index contributed by atoms with van der Waals surface area (Å²) in [6.07, 6.45) is 2.70. The summed E-state index contributed by atoms with van der Waals surface area (Å²) in [5, 5.41) is 0. The van der Waals surface area contributed by atoms with Gasteiger partial charge in [0.05, 0.1) is 17.7 Å². The first kappa shape index (κ1) is 18.5. The zero-order valence-electron chi connectivity index (χ0n) is 15.4. The highest BCUT2D eigenvalue weighted by Crippen LogP contribution is 2.70. The molecule has 1 aliphatic heterocycles. The second kappa shape index (κ2) is 5.63. The summed E-state index contributed by atoms with van der Waals surface area (Å²) in [5.74, 6) is -1.74. The maximum atomic E-state index is 13.1. The first-order valence-corrected chi connectivity index (χ1v) is 10.6. The fourth-order valence-electron chi connectivity index (χ4n) is 5.58. The Labute approximate surface area is 149 Å². The second-order valence-corrected chi connectivity index (χ2v) is 10.5. The number of carbonyl (C=O) groups excluding carboxylic acids is 3. The summed E-state index contributed by atoms with van der Waals surface area (Å²) in [6, 6.07) is -0.335. The predicted molar refractivity (Wildman–Crippen MR) is 92.1 cm³/mol. The predicted octanol–water partition coefficient (Wildman–Crippen LogP) is 1.93. The molecule has 3 rings (SSSR count). The molecule has 1 spiro atoms. The minimum absolute atomic E-state index is 0.00274. The summed E-state index contributed by atoms with van der Waals surface area (Å²) in [6.45, 7) is 6.94. The minimum atomic E-state index is -3.73. The van der Waals surface area contributed by atoms with Crippen LogP contribution in [0.25, 0.3) is 0 Å². The average molecular weight is 369 g/mol. The van der Waals surface area contributed by atoms with E-state index in [4.69, 9.17) is 0 Å². The van der Waals surface area contributed by atoms with Crippen LogP contribution in [0.3, 0.4) is 0 Å². The molecular formula is C18H27NO5S. The van der Waals surface area contributed by atoms with Crippen molar-refractivity contribution >= 4 is 27.5 Å². The molecule has 1 heterocycles. The van der Waals surface area contributed by atoms with E-state index in [9.17, 15) is 22.8 Å². The summed E-state index contributed by atoms with van der Waals surface area (Å²) >= 11 is 0. The highest BCUT2D eigenvalue weighted by molar-refractivity contribution is 7.90. The Kier molecular flexibility index (Phi) is 4.18. The first-order chi connectivity index (χ1) is 11.4. The number of rotatable bonds is 5. The zero-order chi connectivity index (χ0) is 18.8. The van der Waals surface area contributed by atoms with Crippen LogP contribution < -0.4 is 0 Å². The van der Waals surface area contributed by atoms with Gasteiger partial charge < -0.3 is 4.79 Å². The average Bonchev–Trinajstić information content (AvgIpc) is 2.93. The lowest BCUT2D eigenvalue weighted by atomic mass is 9.69. The molecule has 0 unspecified atom stereocenters. The molecule has 1 amide bonds. The van der Waals surface area contributed by atoms with Crippen molar-refractivity contribution in [3.05, 3.63) is 0 Å². The molecule has 0 radical (unpaired) electrons. The molecule has 0 aromatic rings. The molecule has 0 aromatic heterocycles. The van der Waals surface area contributed by atoms with Crippen molar-refractivity contribution in [2.45, 2.75) is 65.8 Å². The van der Waals surface area contributed by atoms with E-state index in [2.05, 4.69) is 13.8 Å². The fraction of sp³-hybridized carbons (Fsp3) is 0.833. The highest BCUT2D eigenvalue weighted by atomic mass is 32.2. The molecular weight excluding hydrogens is 342 g/mol. The van der Waals surface area contributed by atoms with E-state index in [0.717, 1.165) is 17.1 Å². The normalized spacial score (nSPS) is 35.4. The smallest absolute Gasteiger partial charge is 0.246 e. The summed E-state index contributed by atoms with van der Waals surface area (Å²) < 4.78 is 26.8. The van der Waals surface area contributed by atoms with Crippen LogP contribution >= 0.6 is 0 Å². The lowest BCUT2D eigenvalue weighted by Crippen LogP contribution is -2.47. The molecule has 4 atom stereocenters. The third-order valence-electron chi connectivity index (χ3n) is 7.20. The monoisotopic (exact) mass is 369 g/mol. The molecule has 6 nitrogen and oxygen atoms in total.